The van der Waals surface area contributed by atoms with Crippen molar-refractivity contribution in [3.8, 4) is 5.75 Å². The third-order valence-electron chi connectivity index (χ3n) is 5.45. The van der Waals surface area contributed by atoms with Crippen LogP contribution in [0.3, 0.4) is 0 Å². The Labute approximate surface area is 190 Å². The summed E-state index contributed by atoms with van der Waals surface area (Å²) >= 11 is 0. The van der Waals surface area contributed by atoms with E-state index in [2.05, 4.69) is 27.8 Å². The lowest BCUT2D eigenvalue weighted by Crippen LogP contribution is -2.35. The highest BCUT2D eigenvalue weighted by Crippen LogP contribution is 2.18. The van der Waals surface area contributed by atoms with Crippen LogP contribution in [0.2, 0.25) is 0 Å². The number of carbonyl (C=O) groups excluding carboxylic acids is 2. The Hall–Kier alpha value is -3.06. The molecule has 3 amide bonds. The van der Waals surface area contributed by atoms with Crippen molar-refractivity contribution in [3.05, 3.63) is 54.6 Å². The number of hydrogen-bond acceptors (Lipinski definition) is 4. The third kappa shape index (κ3) is 8.59. The lowest BCUT2D eigenvalue weighted by atomic mass is 10.0. The minimum Gasteiger partial charge on any atom is -0.484 e. The molecule has 1 aliphatic rings. The molecular formula is C25H34N4O3. The maximum absolute atomic E-state index is 12.2. The summed E-state index contributed by atoms with van der Waals surface area (Å²) < 4.78 is 5.55. The van der Waals surface area contributed by atoms with E-state index < -0.39 is 0 Å². The number of amides is 3. The lowest BCUT2D eigenvalue weighted by molar-refractivity contribution is -0.118. The molecule has 1 unspecified atom stereocenters. The summed E-state index contributed by atoms with van der Waals surface area (Å²) in [4.78, 5) is 26.7. The van der Waals surface area contributed by atoms with Gasteiger partial charge >= 0.3 is 6.03 Å². The average Bonchev–Trinajstić information content (AvgIpc) is 2.78. The van der Waals surface area contributed by atoms with E-state index in [1.54, 1.807) is 24.3 Å². The van der Waals surface area contributed by atoms with E-state index in [1.807, 2.05) is 30.3 Å². The molecule has 1 fully saturated rings. The van der Waals surface area contributed by atoms with Gasteiger partial charge in [0.25, 0.3) is 5.91 Å². The molecule has 0 radical (unpaired) electrons. The smallest absolute Gasteiger partial charge is 0.319 e. The number of urea groups is 1. The molecule has 0 spiro atoms. The van der Waals surface area contributed by atoms with E-state index in [-0.39, 0.29) is 18.5 Å². The molecule has 1 saturated heterocycles. The van der Waals surface area contributed by atoms with Crippen LogP contribution in [0.1, 0.15) is 32.6 Å². The van der Waals surface area contributed by atoms with Crippen molar-refractivity contribution in [1.82, 2.24) is 10.2 Å². The molecule has 0 bridgehead atoms. The highest BCUT2D eigenvalue weighted by molar-refractivity contribution is 5.92. The van der Waals surface area contributed by atoms with E-state index in [0.717, 1.165) is 31.0 Å². The van der Waals surface area contributed by atoms with Gasteiger partial charge in [0, 0.05) is 30.5 Å². The molecule has 3 N–H and O–H groups in total. The van der Waals surface area contributed by atoms with Crippen molar-refractivity contribution in [2.24, 2.45) is 5.92 Å². The largest absolute Gasteiger partial charge is 0.484 e. The third-order valence-corrected chi connectivity index (χ3v) is 5.45. The number of nitrogens with zero attached hydrogens (tertiary/aromatic N) is 1. The number of rotatable bonds is 10. The Bertz CT molecular complexity index is 859. The molecule has 1 heterocycles. The first kappa shape index (κ1) is 23.6. The molecule has 0 saturated carbocycles. The van der Waals surface area contributed by atoms with Crippen molar-refractivity contribution in [3.63, 3.8) is 0 Å². The van der Waals surface area contributed by atoms with Crippen LogP contribution in [0, 0.1) is 5.92 Å². The average molecular weight is 439 g/mol. The van der Waals surface area contributed by atoms with Crippen molar-refractivity contribution in [1.29, 1.82) is 0 Å². The number of benzene rings is 2. The first-order valence-corrected chi connectivity index (χ1v) is 11.4. The minimum atomic E-state index is -0.244. The predicted octanol–water partition coefficient (Wildman–Crippen LogP) is 4.34. The monoisotopic (exact) mass is 438 g/mol. The normalized spacial score (nSPS) is 16.2. The van der Waals surface area contributed by atoms with Crippen LogP contribution >= 0.6 is 0 Å². The number of para-hydroxylation sites is 1. The van der Waals surface area contributed by atoms with E-state index >= 15 is 0 Å². The number of hydrogen-bond donors (Lipinski definition) is 3. The Morgan fingerprint density at radius 2 is 1.84 bits per heavy atom. The van der Waals surface area contributed by atoms with E-state index in [1.165, 1.54) is 25.9 Å². The predicted molar refractivity (Wildman–Crippen MR) is 128 cm³/mol. The Kier molecular flexibility index (Phi) is 9.37. The quantitative estimate of drug-likeness (QED) is 0.482. The zero-order chi connectivity index (χ0) is 22.6. The van der Waals surface area contributed by atoms with Crippen LogP contribution in [-0.2, 0) is 4.79 Å². The molecule has 0 aromatic heterocycles. The molecular weight excluding hydrogens is 404 g/mol. The van der Waals surface area contributed by atoms with Gasteiger partial charge in [0.1, 0.15) is 5.75 Å². The summed E-state index contributed by atoms with van der Waals surface area (Å²) in [6, 6.07) is 16.0. The van der Waals surface area contributed by atoms with Gasteiger partial charge in [0.05, 0.1) is 0 Å². The second kappa shape index (κ2) is 12.7. The number of carbonyl (C=O) groups is 2. The Morgan fingerprint density at radius 3 is 2.66 bits per heavy atom. The molecule has 1 aliphatic heterocycles. The first-order valence-electron chi connectivity index (χ1n) is 11.4. The standard InChI is InChI=1S/C25H34N4O3/c1-20-9-8-16-29(18-20)15-6-5-14-26-25(31)28-22-12-7-13-23(17-22)32-19-24(30)27-21-10-3-2-4-11-21/h2-4,7,10-13,17,20H,5-6,8-9,14-16,18-19H2,1H3,(H,27,30)(H2,26,28,31). The fourth-order valence-electron chi connectivity index (χ4n) is 3.86. The molecule has 7 heteroatoms. The molecule has 0 aliphatic carbocycles. The topological polar surface area (TPSA) is 82.7 Å². The van der Waals surface area contributed by atoms with Crippen molar-refractivity contribution in [2.75, 3.05) is 43.4 Å². The van der Waals surface area contributed by atoms with Gasteiger partial charge < -0.3 is 25.6 Å². The summed E-state index contributed by atoms with van der Waals surface area (Å²) in [5.41, 5.74) is 1.34. The highest BCUT2D eigenvalue weighted by atomic mass is 16.5. The van der Waals surface area contributed by atoms with Gasteiger partial charge in [-0.15, -0.1) is 0 Å². The highest BCUT2D eigenvalue weighted by Gasteiger charge is 2.15. The number of unbranched alkanes of at least 4 members (excludes halogenated alkanes) is 1. The van der Waals surface area contributed by atoms with Gasteiger partial charge in [-0.1, -0.05) is 31.2 Å². The van der Waals surface area contributed by atoms with Crippen molar-refractivity contribution < 1.29 is 14.3 Å². The van der Waals surface area contributed by atoms with Crippen LogP contribution < -0.4 is 20.7 Å². The maximum Gasteiger partial charge on any atom is 0.319 e. The molecule has 7 nitrogen and oxygen atoms in total. The van der Waals surface area contributed by atoms with E-state index in [9.17, 15) is 9.59 Å². The second-order valence-electron chi connectivity index (χ2n) is 8.37. The summed E-state index contributed by atoms with van der Waals surface area (Å²) in [5.74, 6) is 1.07. The van der Waals surface area contributed by atoms with Gasteiger partial charge in [-0.2, -0.15) is 0 Å². The van der Waals surface area contributed by atoms with Crippen LogP contribution in [0.25, 0.3) is 0 Å². The Balaban J connectivity index is 1.32. The zero-order valence-corrected chi connectivity index (χ0v) is 18.8. The minimum absolute atomic E-state index is 0.111. The van der Waals surface area contributed by atoms with Crippen LogP contribution in [0.15, 0.2) is 54.6 Å². The number of anilines is 2. The molecule has 2 aromatic rings. The maximum atomic E-state index is 12.2. The number of nitrogens with one attached hydrogen (secondary N) is 3. The van der Waals surface area contributed by atoms with E-state index in [4.69, 9.17) is 4.74 Å². The summed E-state index contributed by atoms with van der Waals surface area (Å²) in [5, 5.41) is 8.48. The zero-order valence-electron chi connectivity index (χ0n) is 18.8. The van der Waals surface area contributed by atoms with Gasteiger partial charge in [0.15, 0.2) is 6.61 Å². The number of likely N-dealkylation sites (tertiary alicyclic amines) is 1. The molecule has 32 heavy (non-hydrogen) atoms. The second-order valence-corrected chi connectivity index (χ2v) is 8.37. The molecule has 3 rings (SSSR count). The van der Waals surface area contributed by atoms with Gasteiger partial charge in [0.2, 0.25) is 0 Å². The van der Waals surface area contributed by atoms with Crippen molar-refractivity contribution >= 4 is 23.3 Å². The van der Waals surface area contributed by atoms with Gasteiger partial charge in [-0.25, -0.2) is 4.79 Å². The van der Waals surface area contributed by atoms with Crippen LogP contribution in [-0.4, -0.2) is 49.6 Å². The fraction of sp³-hybridized carbons (Fsp3) is 0.440. The van der Waals surface area contributed by atoms with Gasteiger partial charge in [-0.05, 0) is 69.0 Å². The fourth-order valence-corrected chi connectivity index (χ4v) is 3.86. The Morgan fingerprint density at radius 1 is 1.03 bits per heavy atom. The molecule has 172 valence electrons. The SMILES string of the molecule is CC1CCCN(CCCCNC(=O)Nc2cccc(OCC(=O)Nc3ccccc3)c2)C1. The summed E-state index contributed by atoms with van der Waals surface area (Å²) in [7, 11) is 0. The number of piperidine rings is 1. The van der Waals surface area contributed by atoms with Crippen LogP contribution in [0.4, 0.5) is 16.2 Å². The van der Waals surface area contributed by atoms with E-state index in [0.29, 0.717) is 18.0 Å². The molecule has 2 aromatic carbocycles. The number of ether oxygens (including phenoxy) is 1. The summed E-state index contributed by atoms with van der Waals surface area (Å²) in [6.45, 7) is 6.35. The first-order chi connectivity index (χ1) is 15.6. The summed E-state index contributed by atoms with van der Waals surface area (Å²) in [6.07, 6.45) is 4.67. The molecule has 1 atom stereocenters. The van der Waals surface area contributed by atoms with Crippen LogP contribution in [0.5, 0.6) is 5.75 Å². The lowest BCUT2D eigenvalue weighted by Gasteiger charge is -2.30. The van der Waals surface area contributed by atoms with Gasteiger partial charge in [-0.3, -0.25) is 4.79 Å². The van der Waals surface area contributed by atoms with Crippen molar-refractivity contribution in [2.45, 2.75) is 32.6 Å².